The van der Waals surface area contributed by atoms with Crippen molar-refractivity contribution in [1.29, 1.82) is 0 Å². The number of fused-ring (bicyclic) bond motifs is 29. The van der Waals surface area contributed by atoms with E-state index in [1.54, 1.807) is 0 Å². The number of hydrogen-bond donors (Lipinski definition) is 0. The van der Waals surface area contributed by atoms with Crippen LogP contribution in [0.5, 0.6) is 0 Å². The van der Waals surface area contributed by atoms with Gasteiger partial charge in [-0.3, -0.25) is 0 Å². The highest BCUT2D eigenvalue weighted by molar-refractivity contribution is 6.38. The fourth-order valence-electron chi connectivity index (χ4n) is 13.2. The summed E-state index contributed by atoms with van der Waals surface area (Å²) in [5, 5.41) is 10.4. The summed E-state index contributed by atoms with van der Waals surface area (Å²) >= 11 is 0. The molecule has 0 saturated heterocycles. The molecule has 17 rings (SSSR count). The molecule has 15 aromatic rings. The maximum absolute atomic E-state index is 2.62. The van der Waals surface area contributed by atoms with Crippen molar-refractivity contribution in [3.8, 4) is 89.0 Å². The number of benzene rings is 11. The summed E-state index contributed by atoms with van der Waals surface area (Å²) < 4.78 is 5.20. The molecule has 0 atom stereocenters. The lowest BCUT2D eigenvalue weighted by molar-refractivity contribution is 1.36. The van der Waals surface area contributed by atoms with E-state index in [-0.39, 0.29) is 0 Å². The molecule has 0 aliphatic heterocycles. The van der Waals surface area contributed by atoms with Gasteiger partial charge in [0, 0.05) is 43.1 Å². The third kappa shape index (κ3) is 4.22. The van der Waals surface area contributed by atoms with Crippen LogP contribution in [0.1, 0.15) is 0 Å². The normalized spacial score (nSPS) is 12.7. The number of para-hydroxylation sites is 2. The molecular formula is C66H36N2. The SMILES string of the molecule is c1ccc2c(c1)-c1ccccc1-c1cc3c4cccc5c6c7c8cc9c(cc8n8c%10ccccc%10c(cc6n(c3cc1-c1ccccc1-2)c45)c78)-c1ccccc1-c1ccccc1-c1ccccc1-9. The van der Waals surface area contributed by atoms with Gasteiger partial charge in [0.1, 0.15) is 0 Å². The zero-order valence-corrected chi connectivity index (χ0v) is 36.7. The van der Waals surface area contributed by atoms with E-state index in [0.717, 1.165) is 0 Å². The van der Waals surface area contributed by atoms with E-state index < -0.39 is 0 Å². The highest BCUT2D eigenvalue weighted by Crippen LogP contribution is 2.55. The van der Waals surface area contributed by atoms with Crippen LogP contribution in [-0.2, 0) is 0 Å². The Kier molecular flexibility index (Phi) is 6.47. The van der Waals surface area contributed by atoms with Crippen LogP contribution in [0, 0.1) is 0 Å². The van der Waals surface area contributed by atoms with E-state index in [2.05, 4.69) is 227 Å². The van der Waals surface area contributed by atoms with E-state index in [1.807, 2.05) is 0 Å². The summed E-state index contributed by atoms with van der Waals surface area (Å²) in [5.74, 6) is 0. The van der Waals surface area contributed by atoms with Crippen molar-refractivity contribution in [2.24, 2.45) is 0 Å². The molecule has 2 heteroatoms. The minimum absolute atomic E-state index is 1.24. The van der Waals surface area contributed by atoms with Crippen molar-refractivity contribution in [2.45, 2.75) is 0 Å². The second kappa shape index (κ2) is 12.5. The predicted molar refractivity (Wildman–Crippen MR) is 286 cm³/mol. The molecule has 0 spiro atoms. The quantitative estimate of drug-likeness (QED) is 0.144. The Bertz CT molecular complexity index is 4730. The molecule has 2 nitrogen and oxygen atoms in total. The van der Waals surface area contributed by atoms with E-state index in [1.165, 1.54) is 165 Å². The lowest BCUT2D eigenvalue weighted by Gasteiger charge is -2.23. The minimum Gasteiger partial charge on any atom is -0.308 e. The van der Waals surface area contributed by atoms with Gasteiger partial charge in [-0.2, -0.15) is 0 Å². The summed E-state index contributed by atoms with van der Waals surface area (Å²) in [7, 11) is 0. The fourth-order valence-corrected chi connectivity index (χ4v) is 13.2. The summed E-state index contributed by atoms with van der Waals surface area (Å²) in [4.78, 5) is 0. The van der Waals surface area contributed by atoms with Gasteiger partial charge in [0.2, 0.25) is 0 Å². The van der Waals surface area contributed by atoms with E-state index in [4.69, 9.17) is 0 Å². The Hall–Kier alpha value is -8.98. The molecule has 4 aromatic heterocycles. The Morgan fingerprint density at radius 2 is 0.529 bits per heavy atom. The second-order valence-electron chi connectivity index (χ2n) is 19.0. The first kappa shape index (κ1) is 35.3. The average molecular weight is 857 g/mol. The molecule has 4 heterocycles. The van der Waals surface area contributed by atoms with Crippen molar-refractivity contribution in [1.82, 2.24) is 8.80 Å². The third-order valence-electron chi connectivity index (χ3n) is 15.9. The van der Waals surface area contributed by atoms with Crippen LogP contribution in [0.2, 0.25) is 0 Å². The zero-order valence-electron chi connectivity index (χ0n) is 36.7. The van der Waals surface area contributed by atoms with Crippen molar-refractivity contribution in [2.75, 3.05) is 0 Å². The molecule has 0 bridgehead atoms. The largest absolute Gasteiger partial charge is 0.308 e. The van der Waals surface area contributed by atoms with Crippen molar-refractivity contribution >= 4 is 76.2 Å². The monoisotopic (exact) mass is 856 g/mol. The van der Waals surface area contributed by atoms with Crippen LogP contribution in [0.15, 0.2) is 218 Å². The molecule has 310 valence electrons. The van der Waals surface area contributed by atoms with Gasteiger partial charge in [-0.05, 0) is 125 Å². The summed E-state index contributed by atoms with van der Waals surface area (Å²) in [6.07, 6.45) is 0. The molecule has 0 N–H and O–H groups in total. The fraction of sp³-hybridized carbons (Fsp3) is 0. The summed E-state index contributed by atoms with van der Waals surface area (Å²) in [5.41, 5.74) is 27.8. The maximum atomic E-state index is 2.62. The van der Waals surface area contributed by atoms with Crippen LogP contribution < -0.4 is 0 Å². The molecule has 0 radical (unpaired) electrons. The standard InChI is InChI=1S/C66H36N2/c1-3-18-39-37(16-1)41-20-5-9-24-45(41)52-32-56-50-29-15-30-51-63-62(68(65(50)51)60(56)34-54(52)47-26-11-7-22-43(39)47)36-57-49-28-13-14-31-59(49)67-61-35-55-48-27-12-8-23-44(48)40-19-4-2-17-38(40)42-21-6-10-25-46(42)53(55)33-58(61)64(63)66(57)67/h1-36H. The highest BCUT2D eigenvalue weighted by Gasteiger charge is 2.30. The summed E-state index contributed by atoms with van der Waals surface area (Å²) in [6.45, 7) is 0. The van der Waals surface area contributed by atoms with E-state index in [0.29, 0.717) is 0 Å². The van der Waals surface area contributed by atoms with Crippen LogP contribution in [-0.4, -0.2) is 8.80 Å². The van der Waals surface area contributed by atoms with Crippen molar-refractivity contribution < 1.29 is 0 Å². The van der Waals surface area contributed by atoms with E-state index in [9.17, 15) is 0 Å². The molecule has 2 aliphatic carbocycles. The van der Waals surface area contributed by atoms with Gasteiger partial charge in [-0.15, -0.1) is 0 Å². The molecule has 2 aliphatic rings. The number of rotatable bonds is 0. The highest BCUT2D eigenvalue weighted by atomic mass is 14.9. The molecule has 11 aromatic carbocycles. The molecule has 0 saturated carbocycles. The van der Waals surface area contributed by atoms with Gasteiger partial charge in [0.05, 0.1) is 33.1 Å². The maximum Gasteiger partial charge on any atom is 0.0628 e. The second-order valence-corrected chi connectivity index (χ2v) is 19.0. The Morgan fingerprint density at radius 1 is 0.176 bits per heavy atom. The minimum atomic E-state index is 1.24. The lowest BCUT2D eigenvalue weighted by atomic mass is 9.80. The van der Waals surface area contributed by atoms with Gasteiger partial charge in [-0.1, -0.05) is 182 Å². The molecular weight excluding hydrogens is 821 g/mol. The lowest BCUT2D eigenvalue weighted by Crippen LogP contribution is -1.97. The van der Waals surface area contributed by atoms with Crippen LogP contribution in [0.25, 0.3) is 165 Å². The zero-order chi connectivity index (χ0) is 43.9. The first-order chi connectivity index (χ1) is 33.8. The third-order valence-corrected chi connectivity index (χ3v) is 15.9. The smallest absolute Gasteiger partial charge is 0.0628 e. The Labute approximate surface area is 390 Å². The van der Waals surface area contributed by atoms with Crippen LogP contribution in [0.3, 0.4) is 0 Å². The number of nitrogens with zero attached hydrogens (tertiary/aromatic N) is 2. The molecule has 0 fully saturated rings. The first-order valence-electron chi connectivity index (χ1n) is 23.8. The van der Waals surface area contributed by atoms with Crippen LogP contribution in [0.4, 0.5) is 0 Å². The van der Waals surface area contributed by atoms with Gasteiger partial charge >= 0.3 is 0 Å². The van der Waals surface area contributed by atoms with Crippen LogP contribution >= 0.6 is 0 Å². The molecule has 68 heavy (non-hydrogen) atoms. The van der Waals surface area contributed by atoms with Crippen molar-refractivity contribution in [3.63, 3.8) is 0 Å². The number of aromatic nitrogens is 2. The Morgan fingerprint density at radius 3 is 1.01 bits per heavy atom. The van der Waals surface area contributed by atoms with E-state index >= 15 is 0 Å². The molecule has 0 unspecified atom stereocenters. The average Bonchev–Trinajstić information content (AvgIpc) is 4.12. The van der Waals surface area contributed by atoms with Gasteiger partial charge in [0.15, 0.2) is 0 Å². The van der Waals surface area contributed by atoms with Gasteiger partial charge < -0.3 is 8.80 Å². The Balaban J connectivity index is 1.05. The molecule has 0 amide bonds. The van der Waals surface area contributed by atoms with Crippen molar-refractivity contribution in [3.05, 3.63) is 218 Å². The number of hydrogen-bond acceptors (Lipinski definition) is 0. The topological polar surface area (TPSA) is 8.82 Å². The first-order valence-corrected chi connectivity index (χ1v) is 23.8. The summed E-state index contributed by atoms with van der Waals surface area (Å²) in [6, 6.07) is 82.7. The van der Waals surface area contributed by atoms with Gasteiger partial charge in [0.25, 0.3) is 0 Å². The predicted octanol–water partition coefficient (Wildman–Crippen LogP) is 17.9. The van der Waals surface area contributed by atoms with Gasteiger partial charge in [-0.25, -0.2) is 0 Å².